The van der Waals surface area contributed by atoms with Gasteiger partial charge in [0.15, 0.2) is 0 Å². The van der Waals surface area contributed by atoms with Gasteiger partial charge in [-0.2, -0.15) is 0 Å². The third-order valence-corrected chi connectivity index (χ3v) is 3.77. The van der Waals surface area contributed by atoms with Crippen molar-refractivity contribution in [2.24, 2.45) is 5.92 Å². The van der Waals surface area contributed by atoms with Crippen LogP contribution in [0.25, 0.3) is 0 Å². The van der Waals surface area contributed by atoms with Crippen molar-refractivity contribution in [2.45, 2.75) is 39.5 Å². The fourth-order valence-corrected chi connectivity index (χ4v) is 2.82. The summed E-state index contributed by atoms with van der Waals surface area (Å²) >= 11 is 0. The van der Waals surface area contributed by atoms with Gasteiger partial charge in [0, 0.05) is 11.4 Å². The van der Waals surface area contributed by atoms with E-state index in [1.165, 1.54) is 42.9 Å². The molecule has 0 aliphatic carbocycles. The highest BCUT2D eigenvalue weighted by Gasteiger charge is 2.22. The lowest BCUT2D eigenvalue weighted by atomic mass is 9.82. The van der Waals surface area contributed by atoms with Crippen LogP contribution in [0.1, 0.15) is 42.6 Å². The number of piperidine rings is 1. The van der Waals surface area contributed by atoms with Gasteiger partial charge in [0.2, 0.25) is 0 Å². The Hall–Kier alpha value is -0.760. The number of rotatable bonds is 2. The first-order valence-electron chi connectivity index (χ1n) is 6.05. The maximum atomic E-state index is 3.43. The van der Waals surface area contributed by atoms with E-state index in [1.54, 1.807) is 0 Å². The van der Waals surface area contributed by atoms with Crippen LogP contribution >= 0.6 is 0 Å². The average molecular weight is 206 g/mol. The Morgan fingerprint density at radius 3 is 2.47 bits per heavy atom. The van der Waals surface area contributed by atoms with Crippen molar-refractivity contribution < 1.29 is 0 Å². The van der Waals surface area contributed by atoms with Crippen LogP contribution in [-0.4, -0.2) is 18.1 Å². The minimum atomic E-state index is 0.706. The summed E-state index contributed by atoms with van der Waals surface area (Å²) in [5.74, 6) is 1.57. The molecule has 1 aliphatic heterocycles. The maximum absolute atomic E-state index is 3.43. The molecule has 2 N–H and O–H groups in total. The van der Waals surface area contributed by atoms with E-state index in [-0.39, 0.29) is 0 Å². The number of aromatic nitrogens is 1. The van der Waals surface area contributed by atoms with Crippen molar-refractivity contribution in [3.8, 4) is 0 Å². The predicted octanol–water partition coefficient (Wildman–Crippen LogP) is 2.73. The monoisotopic (exact) mass is 206 g/mol. The van der Waals surface area contributed by atoms with Gasteiger partial charge in [0.05, 0.1) is 0 Å². The van der Waals surface area contributed by atoms with Gasteiger partial charge in [-0.05, 0) is 63.2 Å². The number of nitrogens with one attached hydrogen (secondary N) is 2. The predicted molar refractivity (Wildman–Crippen MR) is 64.3 cm³/mol. The van der Waals surface area contributed by atoms with Gasteiger partial charge in [-0.3, -0.25) is 0 Å². The molecule has 2 rings (SSSR count). The molecular weight excluding hydrogens is 184 g/mol. The molecule has 0 saturated carbocycles. The topological polar surface area (TPSA) is 27.8 Å². The second-order valence-electron chi connectivity index (χ2n) is 4.91. The first-order chi connectivity index (χ1) is 7.18. The van der Waals surface area contributed by atoms with E-state index in [0.29, 0.717) is 5.92 Å². The molecule has 0 radical (unpaired) electrons. The van der Waals surface area contributed by atoms with E-state index in [9.17, 15) is 0 Å². The molecule has 2 nitrogen and oxygen atoms in total. The average Bonchev–Trinajstić information content (AvgIpc) is 2.58. The SMILES string of the molecule is Cc1cc(C(C)C2CCNCC2)c(C)[nH]1. The first-order valence-corrected chi connectivity index (χ1v) is 6.05. The lowest BCUT2D eigenvalue weighted by molar-refractivity contribution is 0.330. The fraction of sp³-hybridized carbons (Fsp3) is 0.692. The second-order valence-corrected chi connectivity index (χ2v) is 4.91. The van der Waals surface area contributed by atoms with Gasteiger partial charge in [-0.25, -0.2) is 0 Å². The number of hydrogen-bond acceptors (Lipinski definition) is 1. The van der Waals surface area contributed by atoms with Crippen molar-refractivity contribution in [1.82, 2.24) is 10.3 Å². The van der Waals surface area contributed by atoms with Gasteiger partial charge in [-0.15, -0.1) is 0 Å². The van der Waals surface area contributed by atoms with E-state index in [1.807, 2.05) is 0 Å². The first kappa shape index (κ1) is 10.7. The minimum absolute atomic E-state index is 0.706. The second kappa shape index (κ2) is 4.40. The molecule has 1 atom stereocenters. The summed E-state index contributed by atoms with van der Waals surface area (Å²) in [5, 5.41) is 3.43. The third-order valence-electron chi connectivity index (χ3n) is 3.77. The standard InChI is InChI=1S/C13H22N2/c1-9-8-13(11(3)15-9)10(2)12-4-6-14-7-5-12/h8,10,12,14-15H,4-7H2,1-3H3. The van der Waals surface area contributed by atoms with Crippen LogP contribution in [0.3, 0.4) is 0 Å². The summed E-state index contributed by atoms with van der Waals surface area (Å²) in [5.41, 5.74) is 4.18. The Morgan fingerprint density at radius 2 is 1.93 bits per heavy atom. The maximum Gasteiger partial charge on any atom is 0.0153 e. The van der Waals surface area contributed by atoms with Crippen molar-refractivity contribution in [3.05, 3.63) is 23.0 Å². The quantitative estimate of drug-likeness (QED) is 0.765. The zero-order chi connectivity index (χ0) is 10.8. The molecule has 1 saturated heterocycles. The molecule has 2 heterocycles. The largest absolute Gasteiger partial charge is 0.362 e. The van der Waals surface area contributed by atoms with E-state index in [4.69, 9.17) is 0 Å². The van der Waals surface area contributed by atoms with Gasteiger partial charge in [-0.1, -0.05) is 6.92 Å². The third kappa shape index (κ3) is 2.25. The normalized spacial score (nSPS) is 20.5. The van der Waals surface area contributed by atoms with Crippen LogP contribution in [0.4, 0.5) is 0 Å². The van der Waals surface area contributed by atoms with Gasteiger partial charge in [0.1, 0.15) is 0 Å². The van der Waals surface area contributed by atoms with Gasteiger partial charge < -0.3 is 10.3 Å². The molecule has 0 amide bonds. The van der Waals surface area contributed by atoms with Crippen molar-refractivity contribution >= 4 is 0 Å². The van der Waals surface area contributed by atoms with Crippen LogP contribution in [0.5, 0.6) is 0 Å². The summed E-state index contributed by atoms with van der Waals surface area (Å²) in [6.07, 6.45) is 2.65. The molecule has 1 aromatic rings. The Labute approximate surface area is 92.5 Å². The van der Waals surface area contributed by atoms with E-state index in [0.717, 1.165) is 5.92 Å². The van der Waals surface area contributed by atoms with Crippen LogP contribution in [0.2, 0.25) is 0 Å². The summed E-state index contributed by atoms with van der Waals surface area (Å²) in [6, 6.07) is 2.32. The summed E-state index contributed by atoms with van der Waals surface area (Å²) in [6.45, 7) is 9.10. The molecule has 84 valence electrons. The zero-order valence-corrected chi connectivity index (χ0v) is 10.1. The highest BCUT2D eigenvalue weighted by molar-refractivity contribution is 5.28. The Balaban J connectivity index is 2.12. The lowest BCUT2D eigenvalue weighted by Crippen LogP contribution is -2.30. The molecule has 0 spiro atoms. The Bertz CT molecular complexity index is 321. The van der Waals surface area contributed by atoms with E-state index >= 15 is 0 Å². The molecule has 1 aromatic heterocycles. The van der Waals surface area contributed by atoms with Gasteiger partial charge in [0.25, 0.3) is 0 Å². The van der Waals surface area contributed by atoms with Crippen LogP contribution in [0, 0.1) is 19.8 Å². The van der Waals surface area contributed by atoms with Crippen LogP contribution in [0.15, 0.2) is 6.07 Å². The minimum Gasteiger partial charge on any atom is -0.362 e. The summed E-state index contributed by atoms with van der Waals surface area (Å²) in [7, 11) is 0. The molecule has 0 bridgehead atoms. The smallest absolute Gasteiger partial charge is 0.0153 e. The number of H-pyrrole nitrogens is 1. The van der Waals surface area contributed by atoms with Gasteiger partial charge >= 0.3 is 0 Å². The van der Waals surface area contributed by atoms with Crippen molar-refractivity contribution in [1.29, 1.82) is 0 Å². The lowest BCUT2D eigenvalue weighted by Gasteiger charge is -2.28. The highest BCUT2D eigenvalue weighted by atomic mass is 14.9. The molecule has 15 heavy (non-hydrogen) atoms. The van der Waals surface area contributed by atoms with E-state index < -0.39 is 0 Å². The number of aromatic amines is 1. The van der Waals surface area contributed by atoms with Crippen molar-refractivity contribution in [2.75, 3.05) is 13.1 Å². The Morgan fingerprint density at radius 1 is 1.27 bits per heavy atom. The molecule has 2 heteroatoms. The highest BCUT2D eigenvalue weighted by Crippen LogP contribution is 2.32. The molecule has 1 aliphatic rings. The Kier molecular flexibility index (Phi) is 3.15. The van der Waals surface area contributed by atoms with Crippen LogP contribution < -0.4 is 5.32 Å². The zero-order valence-electron chi connectivity index (χ0n) is 10.1. The van der Waals surface area contributed by atoms with Crippen LogP contribution in [-0.2, 0) is 0 Å². The molecule has 1 unspecified atom stereocenters. The molecule has 0 aromatic carbocycles. The number of hydrogen-bond donors (Lipinski definition) is 2. The molecular formula is C13H22N2. The summed E-state index contributed by atoms with van der Waals surface area (Å²) in [4.78, 5) is 3.41. The molecule has 1 fully saturated rings. The van der Waals surface area contributed by atoms with Crippen molar-refractivity contribution in [3.63, 3.8) is 0 Å². The number of aryl methyl sites for hydroxylation is 2. The summed E-state index contributed by atoms with van der Waals surface area (Å²) < 4.78 is 0. The fourth-order valence-electron chi connectivity index (χ4n) is 2.82. The van der Waals surface area contributed by atoms with E-state index in [2.05, 4.69) is 37.1 Å².